The Balaban J connectivity index is 1.71. The number of nitrogens with one attached hydrogen (secondary N) is 1. The summed E-state index contributed by atoms with van der Waals surface area (Å²) in [5.74, 6) is -1.05. The topological polar surface area (TPSA) is 68.3 Å². The summed E-state index contributed by atoms with van der Waals surface area (Å²) < 4.78 is 18.4. The molecule has 0 unspecified atom stereocenters. The van der Waals surface area contributed by atoms with Crippen molar-refractivity contribution in [2.45, 2.75) is 27.4 Å². The van der Waals surface area contributed by atoms with E-state index in [0.29, 0.717) is 16.3 Å². The first-order valence-electron chi connectivity index (χ1n) is 8.10. The van der Waals surface area contributed by atoms with Crippen LogP contribution in [0.3, 0.4) is 0 Å². The summed E-state index contributed by atoms with van der Waals surface area (Å²) in [6.07, 6.45) is 0. The summed E-state index contributed by atoms with van der Waals surface area (Å²) in [5, 5.41) is 5.69. The van der Waals surface area contributed by atoms with Crippen molar-refractivity contribution in [2.24, 2.45) is 0 Å². The van der Waals surface area contributed by atoms with Gasteiger partial charge in [0.05, 0.1) is 11.3 Å². The number of anilines is 1. The second kappa shape index (κ2) is 7.98. The quantitative estimate of drug-likeness (QED) is 0.612. The SMILES string of the molecule is CC(=O)Nc1sc(C)c(C)c1C(=O)OCc1csc(-c2ccc(F)cc2)n1. The molecule has 0 aliphatic heterocycles. The molecule has 1 aromatic carbocycles. The van der Waals surface area contributed by atoms with Crippen LogP contribution in [0.4, 0.5) is 9.39 Å². The second-order valence-electron chi connectivity index (χ2n) is 5.90. The minimum Gasteiger partial charge on any atom is -0.455 e. The van der Waals surface area contributed by atoms with E-state index in [4.69, 9.17) is 4.74 Å². The lowest BCUT2D eigenvalue weighted by atomic mass is 10.1. The van der Waals surface area contributed by atoms with Crippen LogP contribution in [0.15, 0.2) is 29.6 Å². The Hall–Kier alpha value is -2.58. The van der Waals surface area contributed by atoms with Gasteiger partial charge in [0.25, 0.3) is 0 Å². The molecule has 8 heteroatoms. The molecule has 1 amide bonds. The van der Waals surface area contributed by atoms with Gasteiger partial charge in [-0.05, 0) is 43.7 Å². The first-order chi connectivity index (χ1) is 12.8. The number of carbonyl (C=O) groups excluding carboxylic acids is 2. The van der Waals surface area contributed by atoms with Gasteiger partial charge in [-0.1, -0.05) is 0 Å². The van der Waals surface area contributed by atoms with E-state index < -0.39 is 5.97 Å². The number of hydrogen-bond donors (Lipinski definition) is 1. The number of halogens is 1. The molecule has 0 atom stereocenters. The number of thiophene rings is 1. The molecule has 3 rings (SSSR count). The molecule has 5 nitrogen and oxygen atoms in total. The fourth-order valence-corrected chi connectivity index (χ4v) is 4.34. The van der Waals surface area contributed by atoms with Crippen LogP contribution >= 0.6 is 22.7 Å². The molecular weight excluding hydrogens is 387 g/mol. The highest BCUT2D eigenvalue weighted by Gasteiger charge is 2.22. The van der Waals surface area contributed by atoms with Gasteiger partial charge in [-0.3, -0.25) is 4.79 Å². The minimum absolute atomic E-state index is 0.0182. The molecular formula is C19H17FN2O3S2. The van der Waals surface area contributed by atoms with Crippen LogP contribution in [0.2, 0.25) is 0 Å². The van der Waals surface area contributed by atoms with Crippen LogP contribution in [0.1, 0.15) is 33.4 Å². The molecule has 2 heterocycles. The number of thiazole rings is 1. The van der Waals surface area contributed by atoms with E-state index in [1.807, 2.05) is 13.8 Å². The monoisotopic (exact) mass is 404 g/mol. The lowest BCUT2D eigenvalue weighted by Gasteiger charge is -2.06. The largest absolute Gasteiger partial charge is 0.455 e. The Kier molecular flexibility index (Phi) is 5.67. The van der Waals surface area contributed by atoms with Gasteiger partial charge in [-0.15, -0.1) is 22.7 Å². The van der Waals surface area contributed by atoms with Gasteiger partial charge in [0.1, 0.15) is 22.4 Å². The van der Waals surface area contributed by atoms with Crippen molar-refractivity contribution >= 4 is 39.6 Å². The first kappa shape index (κ1) is 19.2. The smallest absolute Gasteiger partial charge is 0.341 e. The third kappa shape index (κ3) is 4.40. The summed E-state index contributed by atoms with van der Waals surface area (Å²) in [6, 6.07) is 6.06. The fraction of sp³-hybridized carbons (Fsp3) is 0.211. The second-order valence-corrected chi connectivity index (χ2v) is 7.98. The predicted molar refractivity (Wildman–Crippen MR) is 105 cm³/mol. The van der Waals surface area contributed by atoms with Gasteiger partial charge >= 0.3 is 5.97 Å². The van der Waals surface area contributed by atoms with Crippen molar-refractivity contribution in [1.29, 1.82) is 0 Å². The van der Waals surface area contributed by atoms with Crippen LogP contribution in [-0.4, -0.2) is 16.9 Å². The highest BCUT2D eigenvalue weighted by molar-refractivity contribution is 7.16. The molecule has 0 saturated heterocycles. The predicted octanol–water partition coefficient (Wildman–Crippen LogP) is 4.94. The highest BCUT2D eigenvalue weighted by atomic mass is 32.1. The maximum absolute atomic E-state index is 13.0. The van der Waals surface area contributed by atoms with Crippen molar-refractivity contribution in [1.82, 2.24) is 4.98 Å². The van der Waals surface area contributed by atoms with E-state index in [9.17, 15) is 14.0 Å². The number of rotatable bonds is 5. The molecule has 3 aromatic rings. The van der Waals surface area contributed by atoms with E-state index in [2.05, 4.69) is 10.3 Å². The lowest BCUT2D eigenvalue weighted by Crippen LogP contribution is -2.12. The molecule has 0 radical (unpaired) electrons. The highest BCUT2D eigenvalue weighted by Crippen LogP contribution is 2.33. The summed E-state index contributed by atoms with van der Waals surface area (Å²) in [6.45, 7) is 5.12. The fourth-order valence-electron chi connectivity index (χ4n) is 2.43. The number of aryl methyl sites for hydroxylation is 1. The van der Waals surface area contributed by atoms with Crippen molar-refractivity contribution < 1.29 is 18.7 Å². The third-order valence-corrected chi connectivity index (χ3v) is 5.94. The average Bonchev–Trinajstić information content (AvgIpc) is 3.18. The van der Waals surface area contributed by atoms with E-state index in [1.165, 1.54) is 41.7 Å². The molecule has 1 N–H and O–H groups in total. The number of ether oxygens (including phenoxy) is 1. The molecule has 0 saturated carbocycles. The zero-order valence-electron chi connectivity index (χ0n) is 15.0. The maximum atomic E-state index is 13.0. The molecule has 0 fully saturated rings. The van der Waals surface area contributed by atoms with E-state index in [1.54, 1.807) is 17.5 Å². The number of esters is 1. The summed E-state index contributed by atoms with van der Waals surface area (Å²) in [7, 11) is 0. The lowest BCUT2D eigenvalue weighted by molar-refractivity contribution is -0.114. The van der Waals surface area contributed by atoms with Gasteiger partial charge in [0.15, 0.2) is 0 Å². The van der Waals surface area contributed by atoms with E-state index in [0.717, 1.165) is 21.0 Å². The molecule has 0 aliphatic rings. The maximum Gasteiger partial charge on any atom is 0.341 e. The van der Waals surface area contributed by atoms with Gasteiger partial charge in [0.2, 0.25) is 5.91 Å². The van der Waals surface area contributed by atoms with Crippen LogP contribution < -0.4 is 5.32 Å². The van der Waals surface area contributed by atoms with E-state index in [-0.39, 0.29) is 18.3 Å². The number of carbonyl (C=O) groups is 2. The normalized spacial score (nSPS) is 10.7. The summed E-state index contributed by atoms with van der Waals surface area (Å²) in [5.41, 5.74) is 2.58. The van der Waals surface area contributed by atoms with Crippen molar-refractivity contribution in [3.63, 3.8) is 0 Å². The van der Waals surface area contributed by atoms with Crippen molar-refractivity contribution in [3.8, 4) is 10.6 Å². The minimum atomic E-state index is -0.503. The van der Waals surface area contributed by atoms with Crippen LogP contribution in [-0.2, 0) is 16.1 Å². The third-order valence-electron chi connectivity index (χ3n) is 3.87. The molecule has 0 bridgehead atoms. The Morgan fingerprint density at radius 2 is 1.93 bits per heavy atom. The number of benzene rings is 1. The Morgan fingerprint density at radius 1 is 1.22 bits per heavy atom. The molecule has 27 heavy (non-hydrogen) atoms. The van der Waals surface area contributed by atoms with Crippen LogP contribution in [0.25, 0.3) is 10.6 Å². The van der Waals surface area contributed by atoms with Gasteiger partial charge < -0.3 is 10.1 Å². The number of nitrogens with zero attached hydrogens (tertiary/aromatic N) is 1. The van der Waals surface area contributed by atoms with Crippen LogP contribution in [0.5, 0.6) is 0 Å². The van der Waals surface area contributed by atoms with Gasteiger partial charge in [-0.2, -0.15) is 0 Å². The van der Waals surface area contributed by atoms with Crippen LogP contribution in [0, 0.1) is 19.7 Å². The average molecular weight is 404 g/mol. The number of hydrogen-bond acceptors (Lipinski definition) is 6. The molecule has 2 aromatic heterocycles. The number of aromatic nitrogens is 1. The molecule has 140 valence electrons. The van der Waals surface area contributed by atoms with E-state index >= 15 is 0 Å². The summed E-state index contributed by atoms with van der Waals surface area (Å²) in [4.78, 5) is 29.3. The van der Waals surface area contributed by atoms with Crippen molar-refractivity contribution in [3.05, 3.63) is 57.2 Å². The Labute approximate surface area is 163 Å². The molecule has 0 aliphatic carbocycles. The summed E-state index contributed by atoms with van der Waals surface area (Å²) >= 11 is 2.74. The van der Waals surface area contributed by atoms with Gasteiger partial charge in [-0.25, -0.2) is 14.2 Å². The van der Waals surface area contributed by atoms with Gasteiger partial charge in [0, 0.05) is 22.7 Å². The standard InChI is InChI=1S/C19H17FN2O3S2/c1-10-11(2)27-18(21-12(3)23)16(10)19(24)25-8-15-9-26-17(22-15)13-4-6-14(20)7-5-13/h4-7,9H,8H2,1-3H3,(H,21,23). The Bertz CT molecular complexity index is 993. The number of amides is 1. The van der Waals surface area contributed by atoms with Crippen molar-refractivity contribution in [2.75, 3.05) is 5.32 Å². The zero-order chi connectivity index (χ0) is 19.6. The Morgan fingerprint density at radius 3 is 2.59 bits per heavy atom. The zero-order valence-corrected chi connectivity index (χ0v) is 16.6. The first-order valence-corrected chi connectivity index (χ1v) is 9.80. The molecule has 0 spiro atoms.